The number of nitrogens with two attached hydrogens (primary N) is 1. The molecule has 1 amide bonds. The number of hydrogen-bond acceptors (Lipinski definition) is 3. The van der Waals surface area contributed by atoms with Crippen LogP contribution in [0.5, 0.6) is 5.88 Å². The zero-order valence-corrected chi connectivity index (χ0v) is 10.5. The summed E-state index contributed by atoms with van der Waals surface area (Å²) >= 11 is 0. The summed E-state index contributed by atoms with van der Waals surface area (Å²) in [7, 11) is 0. The summed E-state index contributed by atoms with van der Waals surface area (Å²) in [4.78, 5) is 23.4. The molecule has 5 heteroatoms. The molecule has 0 radical (unpaired) electrons. The fourth-order valence-electron chi connectivity index (χ4n) is 2.03. The van der Waals surface area contributed by atoms with Crippen LogP contribution in [0.1, 0.15) is 17.3 Å². The lowest BCUT2D eigenvalue weighted by molar-refractivity contribution is 0.0997. The van der Waals surface area contributed by atoms with Gasteiger partial charge in [-0.25, -0.2) is 0 Å². The largest absolute Gasteiger partial charge is 0.494 e. The van der Waals surface area contributed by atoms with Crippen molar-refractivity contribution in [1.29, 1.82) is 0 Å². The van der Waals surface area contributed by atoms with Crippen LogP contribution >= 0.6 is 0 Å². The molecule has 98 valence electrons. The Labute approximate surface area is 109 Å². The molecule has 0 atom stereocenters. The normalized spacial score (nSPS) is 10.4. The molecule has 0 spiro atoms. The highest BCUT2D eigenvalue weighted by Crippen LogP contribution is 2.27. The quantitative estimate of drug-likeness (QED) is 0.871. The van der Waals surface area contributed by atoms with Gasteiger partial charge in [0, 0.05) is 18.2 Å². The van der Waals surface area contributed by atoms with Crippen LogP contribution in [0.25, 0.3) is 11.1 Å². The Bertz CT molecular complexity index is 675. The first-order chi connectivity index (χ1) is 9.06. The van der Waals surface area contributed by atoms with E-state index < -0.39 is 5.91 Å². The van der Waals surface area contributed by atoms with Crippen LogP contribution in [-0.4, -0.2) is 15.6 Å². The summed E-state index contributed by atoms with van der Waals surface area (Å²) in [5, 5.41) is 10.0. The minimum absolute atomic E-state index is 0.0346. The standard InChI is InChI=1S/C14H14N2O3/c1-2-16-11(17)8-10(9-6-4-3-5-7-9)12(13(15)18)14(16)19/h3-8,19H,2H2,1H3,(H2,15,18). The fourth-order valence-corrected chi connectivity index (χ4v) is 2.03. The van der Waals surface area contributed by atoms with E-state index in [0.717, 1.165) is 4.57 Å². The molecule has 1 heterocycles. The van der Waals surface area contributed by atoms with Crippen LogP contribution in [0.3, 0.4) is 0 Å². The Morgan fingerprint density at radius 2 is 1.95 bits per heavy atom. The second kappa shape index (κ2) is 4.97. The van der Waals surface area contributed by atoms with Crippen LogP contribution in [0.15, 0.2) is 41.2 Å². The summed E-state index contributed by atoms with van der Waals surface area (Å²) in [6.45, 7) is 1.97. The molecule has 2 aromatic rings. The van der Waals surface area contributed by atoms with Gasteiger partial charge in [-0.2, -0.15) is 0 Å². The van der Waals surface area contributed by atoms with E-state index in [2.05, 4.69) is 0 Å². The van der Waals surface area contributed by atoms with Gasteiger partial charge in [0.15, 0.2) is 0 Å². The van der Waals surface area contributed by atoms with Gasteiger partial charge < -0.3 is 10.8 Å². The van der Waals surface area contributed by atoms with Gasteiger partial charge in [0.2, 0.25) is 5.88 Å². The van der Waals surface area contributed by atoms with Gasteiger partial charge in [0.25, 0.3) is 11.5 Å². The zero-order chi connectivity index (χ0) is 14.0. The lowest BCUT2D eigenvalue weighted by Gasteiger charge is -2.13. The Morgan fingerprint density at radius 3 is 2.47 bits per heavy atom. The van der Waals surface area contributed by atoms with Gasteiger partial charge >= 0.3 is 0 Å². The maximum atomic E-state index is 11.9. The molecule has 19 heavy (non-hydrogen) atoms. The van der Waals surface area contributed by atoms with Crippen molar-refractivity contribution in [2.45, 2.75) is 13.5 Å². The van der Waals surface area contributed by atoms with Gasteiger partial charge in [0.05, 0.1) is 0 Å². The Morgan fingerprint density at radius 1 is 1.32 bits per heavy atom. The van der Waals surface area contributed by atoms with Gasteiger partial charge in [-0.1, -0.05) is 30.3 Å². The van der Waals surface area contributed by atoms with Crippen molar-refractivity contribution in [2.75, 3.05) is 0 Å². The van der Waals surface area contributed by atoms with Crippen LogP contribution in [0.2, 0.25) is 0 Å². The summed E-state index contributed by atoms with van der Waals surface area (Å²) in [6, 6.07) is 10.2. The van der Waals surface area contributed by atoms with Crippen molar-refractivity contribution in [2.24, 2.45) is 5.73 Å². The van der Waals surface area contributed by atoms with Gasteiger partial charge in [0.1, 0.15) is 5.56 Å². The van der Waals surface area contributed by atoms with Crippen molar-refractivity contribution in [3.8, 4) is 17.0 Å². The van der Waals surface area contributed by atoms with E-state index in [1.54, 1.807) is 31.2 Å². The number of amides is 1. The smallest absolute Gasteiger partial charge is 0.254 e. The molecule has 0 fully saturated rings. The highest BCUT2D eigenvalue weighted by molar-refractivity contribution is 6.01. The number of nitrogens with zero attached hydrogens (tertiary/aromatic N) is 1. The van der Waals surface area contributed by atoms with E-state index in [9.17, 15) is 14.7 Å². The zero-order valence-electron chi connectivity index (χ0n) is 10.5. The second-order valence-electron chi connectivity index (χ2n) is 4.07. The Hall–Kier alpha value is -2.56. The van der Waals surface area contributed by atoms with Crippen LogP contribution < -0.4 is 11.3 Å². The maximum absolute atomic E-state index is 11.9. The monoisotopic (exact) mass is 258 g/mol. The third kappa shape index (κ3) is 2.22. The second-order valence-corrected chi connectivity index (χ2v) is 4.07. The minimum atomic E-state index is -0.765. The number of benzene rings is 1. The fraction of sp³-hybridized carbons (Fsp3) is 0.143. The number of primary amides is 1. The van der Waals surface area contributed by atoms with E-state index in [0.29, 0.717) is 11.1 Å². The predicted molar refractivity (Wildman–Crippen MR) is 72.0 cm³/mol. The number of hydrogen-bond donors (Lipinski definition) is 2. The molecular formula is C14H14N2O3. The molecular weight excluding hydrogens is 244 g/mol. The molecule has 3 N–H and O–H groups in total. The molecule has 0 aliphatic carbocycles. The molecule has 0 bridgehead atoms. The number of aromatic nitrogens is 1. The predicted octanol–water partition coefficient (Wildman–Crippen LogP) is 1.34. The van der Waals surface area contributed by atoms with E-state index in [-0.39, 0.29) is 23.5 Å². The SMILES string of the molecule is CCn1c(O)c(C(N)=O)c(-c2ccccc2)cc1=O. The summed E-state index contributed by atoms with van der Waals surface area (Å²) in [5.41, 5.74) is 5.91. The van der Waals surface area contributed by atoms with E-state index >= 15 is 0 Å². The van der Waals surface area contributed by atoms with Gasteiger partial charge in [-0.05, 0) is 12.5 Å². The molecule has 0 aliphatic heterocycles. The van der Waals surface area contributed by atoms with Crippen molar-refractivity contribution in [1.82, 2.24) is 4.57 Å². The minimum Gasteiger partial charge on any atom is -0.494 e. The molecule has 0 unspecified atom stereocenters. The third-order valence-electron chi connectivity index (χ3n) is 2.93. The van der Waals surface area contributed by atoms with Crippen LogP contribution in [0, 0.1) is 0 Å². The number of pyridine rings is 1. The molecule has 1 aromatic carbocycles. The molecule has 5 nitrogen and oxygen atoms in total. The highest BCUT2D eigenvalue weighted by atomic mass is 16.3. The Balaban J connectivity index is 2.82. The number of aromatic hydroxyl groups is 1. The maximum Gasteiger partial charge on any atom is 0.254 e. The summed E-state index contributed by atoms with van der Waals surface area (Å²) in [5.74, 6) is -1.15. The average molecular weight is 258 g/mol. The lowest BCUT2D eigenvalue weighted by Crippen LogP contribution is -2.24. The summed E-state index contributed by atoms with van der Waals surface area (Å²) in [6.07, 6.45) is 0. The van der Waals surface area contributed by atoms with Crippen LogP contribution in [-0.2, 0) is 6.54 Å². The molecule has 2 rings (SSSR count). The molecule has 0 saturated carbocycles. The first kappa shape index (κ1) is 12.9. The van der Waals surface area contributed by atoms with Crippen molar-refractivity contribution in [3.05, 3.63) is 52.3 Å². The first-order valence-corrected chi connectivity index (χ1v) is 5.88. The average Bonchev–Trinajstić information content (AvgIpc) is 2.39. The van der Waals surface area contributed by atoms with Crippen molar-refractivity contribution in [3.63, 3.8) is 0 Å². The number of carbonyl (C=O) groups excluding carboxylic acids is 1. The highest BCUT2D eigenvalue weighted by Gasteiger charge is 2.19. The third-order valence-corrected chi connectivity index (χ3v) is 2.93. The van der Waals surface area contributed by atoms with E-state index in [1.807, 2.05) is 6.07 Å². The Kier molecular flexibility index (Phi) is 3.37. The molecule has 0 saturated heterocycles. The number of carbonyl (C=O) groups is 1. The van der Waals surface area contributed by atoms with Crippen molar-refractivity contribution < 1.29 is 9.90 Å². The summed E-state index contributed by atoms with van der Waals surface area (Å²) < 4.78 is 1.10. The number of rotatable bonds is 3. The van der Waals surface area contributed by atoms with Crippen LogP contribution in [0.4, 0.5) is 0 Å². The molecule has 1 aromatic heterocycles. The van der Waals surface area contributed by atoms with E-state index in [1.165, 1.54) is 6.07 Å². The topological polar surface area (TPSA) is 85.3 Å². The molecule has 0 aliphatic rings. The van der Waals surface area contributed by atoms with Gasteiger partial charge in [-0.15, -0.1) is 0 Å². The van der Waals surface area contributed by atoms with E-state index in [4.69, 9.17) is 5.73 Å². The van der Waals surface area contributed by atoms with Crippen molar-refractivity contribution >= 4 is 5.91 Å². The lowest BCUT2D eigenvalue weighted by atomic mass is 10.0. The van der Waals surface area contributed by atoms with Gasteiger partial charge in [-0.3, -0.25) is 14.2 Å². The first-order valence-electron chi connectivity index (χ1n) is 5.88.